The van der Waals surface area contributed by atoms with Crippen LogP contribution in [0.1, 0.15) is 17.0 Å². The number of hydrogen-bond acceptors (Lipinski definition) is 5. The summed E-state index contributed by atoms with van der Waals surface area (Å²) in [6, 6.07) is 13.7. The molecule has 0 bridgehead atoms. The number of sulfone groups is 1. The summed E-state index contributed by atoms with van der Waals surface area (Å²) in [7, 11) is 0.237. The summed E-state index contributed by atoms with van der Waals surface area (Å²) < 4.78 is 33.3. The fourth-order valence-corrected chi connectivity index (χ4v) is 6.79. The standard InChI is InChI=1S/C22H23N3O3S/c1-24-12-17(10-23-24)16-5-8-21-19(9-16)20-13-25(14-22(20)29(21,26)27)11-15-3-6-18(28-2)7-4-15/h3-10,12,20,22H,11,13-14H2,1-2H3. The van der Waals surface area contributed by atoms with Crippen LogP contribution in [0.3, 0.4) is 0 Å². The molecule has 150 valence electrons. The Kier molecular flexibility index (Phi) is 4.26. The third-order valence-corrected chi connectivity index (χ3v) is 8.32. The molecule has 2 aromatic carbocycles. The van der Waals surface area contributed by atoms with Gasteiger partial charge < -0.3 is 4.74 Å². The number of aromatic nitrogens is 2. The number of methoxy groups -OCH3 is 1. The summed E-state index contributed by atoms with van der Waals surface area (Å²) in [4.78, 5) is 2.75. The zero-order chi connectivity index (χ0) is 20.2. The first-order chi connectivity index (χ1) is 14.0. The molecule has 5 rings (SSSR count). The lowest BCUT2D eigenvalue weighted by molar-refractivity contribution is 0.325. The number of likely N-dealkylation sites (tertiary alicyclic amines) is 1. The van der Waals surface area contributed by atoms with Crippen LogP contribution in [0.25, 0.3) is 11.1 Å². The highest BCUT2D eigenvalue weighted by Crippen LogP contribution is 2.46. The molecule has 2 aliphatic rings. The average molecular weight is 410 g/mol. The van der Waals surface area contributed by atoms with E-state index < -0.39 is 9.84 Å². The predicted molar refractivity (Wildman–Crippen MR) is 111 cm³/mol. The molecule has 7 heteroatoms. The summed E-state index contributed by atoms with van der Waals surface area (Å²) in [5.74, 6) is 0.844. The molecule has 0 N–H and O–H groups in total. The van der Waals surface area contributed by atoms with Gasteiger partial charge in [-0.3, -0.25) is 9.58 Å². The van der Waals surface area contributed by atoms with Crippen molar-refractivity contribution >= 4 is 9.84 Å². The molecular formula is C22H23N3O3S. The topological polar surface area (TPSA) is 64.4 Å². The van der Waals surface area contributed by atoms with Crippen molar-refractivity contribution in [3.63, 3.8) is 0 Å². The van der Waals surface area contributed by atoms with E-state index in [0.29, 0.717) is 11.4 Å². The number of fused-ring (bicyclic) bond motifs is 3. The second kappa shape index (κ2) is 6.71. The van der Waals surface area contributed by atoms with Gasteiger partial charge in [0.1, 0.15) is 5.75 Å². The van der Waals surface area contributed by atoms with Crippen LogP contribution >= 0.6 is 0 Å². The molecule has 1 fully saturated rings. The van der Waals surface area contributed by atoms with Crippen LogP contribution < -0.4 is 4.74 Å². The van der Waals surface area contributed by atoms with Gasteiger partial charge in [0.15, 0.2) is 9.84 Å². The van der Waals surface area contributed by atoms with Crippen LogP contribution in [-0.2, 0) is 23.4 Å². The van der Waals surface area contributed by atoms with E-state index in [0.717, 1.165) is 41.1 Å². The first-order valence-electron chi connectivity index (χ1n) is 9.68. The van der Waals surface area contributed by atoms with Gasteiger partial charge in [-0.1, -0.05) is 18.2 Å². The van der Waals surface area contributed by atoms with Crippen LogP contribution in [-0.4, -0.2) is 48.5 Å². The Bertz CT molecular complexity index is 1170. The van der Waals surface area contributed by atoms with E-state index >= 15 is 0 Å². The van der Waals surface area contributed by atoms with Crippen LogP contribution in [0.15, 0.2) is 59.8 Å². The Balaban J connectivity index is 1.43. The predicted octanol–water partition coefficient (Wildman–Crippen LogP) is 2.85. The summed E-state index contributed by atoms with van der Waals surface area (Å²) in [5, 5.41) is 3.87. The van der Waals surface area contributed by atoms with Gasteiger partial charge in [0, 0.05) is 44.4 Å². The molecule has 1 saturated heterocycles. The Morgan fingerprint density at radius 3 is 2.59 bits per heavy atom. The van der Waals surface area contributed by atoms with Crippen molar-refractivity contribution < 1.29 is 13.2 Å². The third kappa shape index (κ3) is 3.05. The molecule has 29 heavy (non-hydrogen) atoms. The quantitative estimate of drug-likeness (QED) is 0.663. The summed E-state index contributed by atoms with van der Waals surface area (Å²) in [6.07, 6.45) is 3.76. The molecule has 0 spiro atoms. The lowest BCUT2D eigenvalue weighted by Crippen LogP contribution is -2.25. The van der Waals surface area contributed by atoms with E-state index in [1.165, 1.54) is 0 Å². The fourth-order valence-electron chi connectivity index (χ4n) is 4.59. The Morgan fingerprint density at radius 1 is 1.10 bits per heavy atom. The van der Waals surface area contributed by atoms with Crippen molar-refractivity contribution in [1.29, 1.82) is 0 Å². The van der Waals surface area contributed by atoms with Crippen LogP contribution in [0, 0.1) is 0 Å². The van der Waals surface area contributed by atoms with E-state index in [1.54, 1.807) is 17.9 Å². The van der Waals surface area contributed by atoms with Crippen LogP contribution in [0.4, 0.5) is 0 Å². The molecule has 1 aromatic heterocycles. The van der Waals surface area contributed by atoms with E-state index in [1.807, 2.05) is 55.8 Å². The van der Waals surface area contributed by atoms with E-state index in [2.05, 4.69) is 10.00 Å². The molecule has 3 aromatic rings. The zero-order valence-electron chi connectivity index (χ0n) is 16.4. The Labute approximate surface area is 170 Å². The van der Waals surface area contributed by atoms with Crippen LogP contribution in [0.2, 0.25) is 0 Å². The highest BCUT2D eigenvalue weighted by molar-refractivity contribution is 7.92. The number of nitrogens with zero attached hydrogens (tertiary/aromatic N) is 3. The van der Waals surface area contributed by atoms with Crippen LogP contribution in [0.5, 0.6) is 5.75 Å². The van der Waals surface area contributed by atoms with E-state index in [-0.39, 0.29) is 11.2 Å². The molecule has 0 saturated carbocycles. The molecule has 2 atom stereocenters. The minimum atomic E-state index is -3.30. The van der Waals surface area contributed by atoms with Gasteiger partial charge in [-0.25, -0.2) is 8.42 Å². The fraction of sp³-hybridized carbons (Fsp3) is 0.318. The molecule has 2 unspecified atom stereocenters. The van der Waals surface area contributed by atoms with Gasteiger partial charge in [-0.05, 0) is 41.0 Å². The van der Waals surface area contributed by atoms with Crippen molar-refractivity contribution in [2.75, 3.05) is 20.2 Å². The Morgan fingerprint density at radius 2 is 1.90 bits per heavy atom. The van der Waals surface area contributed by atoms with Crippen molar-refractivity contribution in [1.82, 2.24) is 14.7 Å². The largest absolute Gasteiger partial charge is 0.497 e. The van der Waals surface area contributed by atoms with Crippen molar-refractivity contribution in [2.45, 2.75) is 22.6 Å². The number of rotatable bonds is 4. The van der Waals surface area contributed by atoms with Crippen molar-refractivity contribution in [2.24, 2.45) is 7.05 Å². The van der Waals surface area contributed by atoms with Crippen molar-refractivity contribution in [3.05, 3.63) is 66.0 Å². The SMILES string of the molecule is COc1ccc(CN2CC3c4cc(-c5cnn(C)c5)ccc4S(=O)(=O)C3C2)cc1. The number of hydrogen-bond donors (Lipinski definition) is 0. The molecule has 0 amide bonds. The monoisotopic (exact) mass is 409 g/mol. The molecule has 0 aliphatic carbocycles. The molecule has 0 radical (unpaired) electrons. The minimum Gasteiger partial charge on any atom is -0.497 e. The maximum absolute atomic E-state index is 13.1. The average Bonchev–Trinajstić information content (AvgIpc) is 3.39. The maximum atomic E-state index is 13.1. The lowest BCUT2D eigenvalue weighted by atomic mass is 9.95. The molecular weight excluding hydrogens is 386 g/mol. The minimum absolute atomic E-state index is 0.0184. The number of aryl methyl sites for hydroxylation is 1. The summed E-state index contributed by atoms with van der Waals surface area (Å²) in [5.41, 5.74) is 4.13. The van der Waals surface area contributed by atoms with Gasteiger partial charge >= 0.3 is 0 Å². The van der Waals surface area contributed by atoms with Gasteiger partial charge in [-0.2, -0.15) is 5.10 Å². The van der Waals surface area contributed by atoms with Gasteiger partial charge in [0.2, 0.25) is 0 Å². The number of benzene rings is 2. The normalized spacial score (nSPS) is 22.4. The zero-order valence-corrected chi connectivity index (χ0v) is 17.3. The lowest BCUT2D eigenvalue weighted by Gasteiger charge is -2.17. The molecule has 2 aliphatic heterocycles. The first kappa shape index (κ1) is 18.4. The first-order valence-corrected chi connectivity index (χ1v) is 11.2. The number of ether oxygens (including phenoxy) is 1. The molecule has 3 heterocycles. The summed E-state index contributed by atoms with van der Waals surface area (Å²) >= 11 is 0. The highest BCUT2D eigenvalue weighted by Gasteiger charge is 2.50. The molecule has 6 nitrogen and oxygen atoms in total. The Hall–Kier alpha value is -2.64. The maximum Gasteiger partial charge on any atom is 0.183 e. The van der Waals surface area contributed by atoms with Gasteiger partial charge in [-0.15, -0.1) is 0 Å². The van der Waals surface area contributed by atoms with E-state index in [9.17, 15) is 8.42 Å². The van der Waals surface area contributed by atoms with Gasteiger partial charge in [0.05, 0.1) is 23.5 Å². The van der Waals surface area contributed by atoms with E-state index in [4.69, 9.17) is 4.74 Å². The summed E-state index contributed by atoms with van der Waals surface area (Å²) in [6.45, 7) is 2.06. The second-order valence-corrected chi connectivity index (χ2v) is 10.0. The van der Waals surface area contributed by atoms with Crippen molar-refractivity contribution in [3.8, 4) is 16.9 Å². The smallest absolute Gasteiger partial charge is 0.183 e. The highest BCUT2D eigenvalue weighted by atomic mass is 32.2. The second-order valence-electron chi connectivity index (χ2n) is 7.89. The van der Waals surface area contributed by atoms with Gasteiger partial charge in [0.25, 0.3) is 0 Å². The third-order valence-electron chi connectivity index (χ3n) is 6.06.